The molecule has 21 heavy (non-hydrogen) atoms. The summed E-state index contributed by atoms with van der Waals surface area (Å²) in [5, 5.41) is 0.897. The van der Waals surface area contributed by atoms with Crippen LogP contribution in [0.2, 0.25) is 0 Å². The number of aromatic amines is 1. The fraction of sp³-hybridized carbons (Fsp3) is 0.250. The summed E-state index contributed by atoms with van der Waals surface area (Å²) < 4.78 is 9.67. The Morgan fingerprint density at radius 1 is 1.24 bits per heavy atom. The van der Waals surface area contributed by atoms with Gasteiger partial charge >= 0.3 is 11.9 Å². The summed E-state index contributed by atoms with van der Waals surface area (Å²) in [4.78, 5) is 27.7. The van der Waals surface area contributed by atoms with E-state index in [1.165, 1.54) is 20.3 Å². The van der Waals surface area contributed by atoms with Gasteiger partial charge in [0, 0.05) is 11.2 Å². The number of ether oxygens (including phenoxy) is 2. The monoisotopic (exact) mass is 287 g/mol. The molecule has 1 heterocycles. The van der Waals surface area contributed by atoms with Crippen molar-refractivity contribution >= 4 is 22.8 Å². The number of fused-ring (bicyclic) bond motifs is 1. The summed E-state index contributed by atoms with van der Waals surface area (Å²) in [5.74, 6) is -1.36. The van der Waals surface area contributed by atoms with E-state index in [0.29, 0.717) is 5.69 Å². The normalized spacial score (nSPS) is 11.1. The Morgan fingerprint density at radius 2 is 1.86 bits per heavy atom. The van der Waals surface area contributed by atoms with E-state index in [-0.39, 0.29) is 6.42 Å². The number of allylic oxidation sites excluding steroid dienone is 1. The minimum Gasteiger partial charge on any atom is -0.468 e. The van der Waals surface area contributed by atoms with E-state index in [4.69, 9.17) is 9.47 Å². The van der Waals surface area contributed by atoms with Gasteiger partial charge in [0.2, 0.25) is 5.41 Å². The van der Waals surface area contributed by atoms with Crippen LogP contribution in [-0.2, 0) is 24.5 Å². The summed E-state index contributed by atoms with van der Waals surface area (Å²) in [6.45, 7) is 3.63. The van der Waals surface area contributed by atoms with E-state index in [2.05, 4.69) is 11.6 Å². The number of hydrogen-bond acceptors (Lipinski definition) is 4. The van der Waals surface area contributed by atoms with Gasteiger partial charge in [-0.3, -0.25) is 9.59 Å². The Hall–Kier alpha value is -2.56. The molecule has 1 aromatic heterocycles. The molecule has 1 N–H and O–H groups in total. The quantitative estimate of drug-likeness (QED) is 0.520. The molecule has 0 atom stereocenters. The lowest BCUT2D eigenvalue weighted by molar-refractivity contribution is -0.162. The average molecular weight is 287 g/mol. The predicted molar refractivity (Wildman–Crippen MR) is 78.8 cm³/mol. The van der Waals surface area contributed by atoms with Gasteiger partial charge < -0.3 is 14.5 Å². The first-order valence-electron chi connectivity index (χ1n) is 6.46. The van der Waals surface area contributed by atoms with Gasteiger partial charge in [0.15, 0.2) is 0 Å². The smallest absolute Gasteiger partial charge is 0.329 e. The minimum atomic E-state index is -1.57. The first-order valence-corrected chi connectivity index (χ1v) is 6.46. The summed E-state index contributed by atoms with van der Waals surface area (Å²) in [6.07, 6.45) is 1.58. The molecule has 2 aromatic rings. The largest absolute Gasteiger partial charge is 0.468 e. The van der Waals surface area contributed by atoms with Gasteiger partial charge in [-0.05, 0) is 23.9 Å². The number of rotatable bonds is 5. The molecule has 110 valence electrons. The molecule has 0 saturated heterocycles. The molecule has 1 aromatic carbocycles. The first-order chi connectivity index (χ1) is 10.1. The second-order valence-electron chi connectivity index (χ2n) is 4.65. The van der Waals surface area contributed by atoms with E-state index < -0.39 is 17.4 Å². The van der Waals surface area contributed by atoms with E-state index >= 15 is 0 Å². The molecule has 0 aliphatic heterocycles. The molecular formula is C16H17NO4. The third-order valence-electron chi connectivity index (χ3n) is 3.51. The Bertz CT molecular complexity index is 637. The van der Waals surface area contributed by atoms with E-state index in [1.807, 2.05) is 24.3 Å². The molecular weight excluding hydrogens is 270 g/mol. The molecule has 5 nitrogen and oxygen atoms in total. The maximum atomic E-state index is 12.3. The molecule has 0 aliphatic rings. The van der Waals surface area contributed by atoms with Crippen LogP contribution in [0.25, 0.3) is 10.9 Å². The van der Waals surface area contributed by atoms with Gasteiger partial charge in [0.1, 0.15) is 0 Å². The lowest BCUT2D eigenvalue weighted by Gasteiger charge is -2.26. The molecule has 0 aliphatic carbocycles. The number of H-pyrrole nitrogens is 1. The summed E-state index contributed by atoms with van der Waals surface area (Å²) in [7, 11) is 2.48. The third kappa shape index (κ3) is 2.31. The van der Waals surface area contributed by atoms with Crippen LogP contribution in [0.3, 0.4) is 0 Å². The zero-order valence-corrected chi connectivity index (χ0v) is 12.0. The van der Waals surface area contributed by atoms with E-state index in [9.17, 15) is 9.59 Å². The number of hydrogen-bond donors (Lipinski definition) is 1. The molecule has 0 saturated carbocycles. The number of benzene rings is 1. The van der Waals surface area contributed by atoms with E-state index in [0.717, 1.165) is 10.9 Å². The Kier molecular flexibility index (Phi) is 4.12. The molecule has 0 bridgehead atoms. The highest BCUT2D eigenvalue weighted by Crippen LogP contribution is 2.33. The van der Waals surface area contributed by atoms with E-state index in [1.54, 1.807) is 6.07 Å². The Labute approximate surface area is 122 Å². The number of esters is 2. The number of methoxy groups -OCH3 is 2. The Balaban J connectivity index is 2.69. The summed E-state index contributed by atoms with van der Waals surface area (Å²) >= 11 is 0. The van der Waals surface area contributed by atoms with Crippen molar-refractivity contribution in [2.24, 2.45) is 0 Å². The van der Waals surface area contributed by atoms with Crippen LogP contribution in [-0.4, -0.2) is 31.1 Å². The van der Waals surface area contributed by atoms with Crippen molar-refractivity contribution in [2.45, 2.75) is 11.8 Å². The third-order valence-corrected chi connectivity index (χ3v) is 3.51. The fourth-order valence-corrected chi connectivity index (χ4v) is 2.45. The Morgan fingerprint density at radius 3 is 2.38 bits per heavy atom. The number of para-hydroxylation sites is 1. The second-order valence-corrected chi connectivity index (χ2v) is 4.65. The van der Waals surface area contributed by atoms with Crippen molar-refractivity contribution in [3.05, 3.63) is 48.7 Å². The van der Waals surface area contributed by atoms with Gasteiger partial charge in [-0.25, -0.2) is 0 Å². The van der Waals surface area contributed by atoms with Crippen LogP contribution in [0.15, 0.2) is 43.0 Å². The number of carbonyl (C=O) groups excluding carboxylic acids is 2. The maximum Gasteiger partial charge on any atom is 0.329 e. The van der Waals surface area contributed by atoms with Crippen molar-refractivity contribution in [3.63, 3.8) is 0 Å². The zero-order valence-electron chi connectivity index (χ0n) is 12.0. The molecule has 5 heteroatoms. The summed E-state index contributed by atoms with van der Waals surface area (Å²) in [6, 6.07) is 9.26. The van der Waals surface area contributed by atoms with Crippen LogP contribution in [0, 0.1) is 0 Å². The van der Waals surface area contributed by atoms with Gasteiger partial charge in [-0.2, -0.15) is 0 Å². The number of carbonyl (C=O) groups is 2. The van der Waals surface area contributed by atoms with Gasteiger partial charge in [0.25, 0.3) is 0 Å². The molecule has 0 amide bonds. The van der Waals surface area contributed by atoms with Crippen molar-refractivity contribution in [1.29, 1.82) is 0 Å². The molecule has 0 spiro atoms. The second kappa shape index (κ2) is 5.83. The van der Waals surface area contributed by atoms with Crippen molar-refractivity contribution in [1.82, 2.24) is 4.98 Å². The van der Waals surface area contributed by atoms with Crippen LogP contribution in [0.4, 0.5) is 0 Å². The first kappa shape index (κ1) is 14.8. The van der Waals surface area contributed by atoms with Crippen LogP contribution in [0.1, 0.15) is 12.1 Å². The van der Waals surface area contributed by atoms with Gasteiger partial charge in [0.05, 0.1) is 14.2 Å². The van der Waals surface area contributed by atoms with Crippen molar-refractivity contribution in [3.8, 4) is 0 Å². The predicted octanol–water partition coefficient (Wildman–Crippen LogP) is 2.33. The van der Waals surface area contributed by atoms with Crippen molar-refractivity contribution < 1.29 is 19.1 Å². The highest BCUT2D eigenvalue weighted by Gasteiger charge is 2.50. The lowest BCUT2D eigenvalue weighted by atomic mass is 9.81. The summed E-state index contributed by atoms with van der Waals surface area (Å²) in [5.41, 5.74) is -0.305. The van der Waals surface area contributed by atoms with Gasteiger partial charge in [-0.15, -0.1) is 6.58 Å². The molecule has 0 fully saturated rings. The number of nitrogens with one attached hydrogen (secondary N) is 1. The zero-order chi connectivity index (χ0) is 15.5. The maximum absolute atomic E-state index is 12.3. The van der Waals surface area contributed by atoms with Crippen LogP contribution in [0.5, 0.6) is 0 Å². The number of aromatic nitrogens is 1. The lowest BCUT2D eigenvalue weighted by Crippen LogP contribution is -2.45. The minimum absolute atomic E-state index is 0.0825. The molecule has 0 unspecified atom stereocenters. The molecule has 0 radical (unpaired) electrons. The highest BCUT2D eigenvalue weighted by molar-refractivity contribution is 6.07. The SMILES string of the molecule is C=CCC(C(=O)OC)(C(=O)OC)c1cc2ccccc2[nH]1. The van der Waals surface area contributed by atoms with Crippen LogP contribution >= 0.6 is 0 Å². The molecule has 2 rings (SSSR count). The highest BCUT2D eigenvalue weighted by atomic mass is 16.5. The standard InChI is InChI=1S/C16H17NO4/c1-4-9-16(14(18)20-2,15(19)21-3)13-10-11-7-5-6-8-12(11)17-13/h4-8,10,17H,1,9H2,2-3H3. The van der Waals surface area contributed by atoms with Crippen molar-refractivity contribution in [2.75, 3.05) is 14.2 Å². The fourth-order valence-electron chi connectivity index (χ4n) is 2.45. The van der Waals surface area contributed by atoms with Crippen LogP contribution < -0.4 is 0 Å². The van der Waals surface area contributed by atoms with Gasteiger partial charge in [-0.1, -0.05) is 24.3 Å². The average Bonchev–Trinajstić information content (AvgIpc) is 2.95. The topological polar surface area (TPSA) is 68.4 Å².